The molecule has 0 radical (unpaired) electrons. The topological polar surface area (TPSA) is 101 Å². The molecule has 0 saturated carbocycles. The zero-order chi connectivity index (χ0) is 21.3. The number of aromatic nitrogens is 4. The normalized spacial score (nSPS) is 11.2. The Kier molecular flexibility index (Phi) is 5.03. The second kappa shape index (κ2) is 7.31. The summed E-state index contributed by atoms with van der Waals surface area (Å²) in [4.78, 5) is 29.3. The molecule has 0 saturated heterocycles. The number of H-pyrrole nitrogens is 1. The van der Waals surface area contributed by atoms with E-state index < -0.39 is 11.2 Å². The van der Waals surface area contributed by atoms with Gasteiger partial charge in [0.1, 0.15) is 5.69 Å². The Morgan fingerprint density at radius 3 is 2.38 bits per heavy atom. The number of aromatic amines is 1. The van der Waals surface area contributed by atoms with E-state index in [4.69, 9.17) is 6.57 Å². The van der Waals surface area contributed by atoms with E-state index in [2.05, 4.69) is 25.9 Å². The minimum Gasteiger partial charge on any atom is -0.298 e. The zero-order valence-electron chi connectivity index (χ0n) is 17.0. The highest BCUT2D eigenvalue weighted by Gasteiger charge is 2.24. The van der Waals surface area contributed by atoms with E-state index in [1.807, 2.05) is 26.8 Å². The van der Waals surface area contributed by atoms with Crippen molar-refractivity contribution in [3.8, 4) is 5.69 Å². The Bertz CT molecular complexity index is 1210. The number of rotatable bonds is 4. The van der Waals surface area contributed by atoms with Gasteiger partial charge in [-0.05, 0) is 24.5 Å². The molecule has 3 rings (SSSR count). The van der Waals surface area contributed by atoms with Gasteiger partial charge in [0.15, 0.2) is 5.82 Å². The van der Waals surface area contributed by atoms with Crippen LogP contribution in [0.4, 0.5) is 17.2 Å². The van der Waals surface area contributed by atoms with Crippen molar-refractivity contribution < 1.29 is 0 Å². The van der Waals surface area contributed by atoms with Crippen LogP contribution in [-0.2, 0) is 12.5 Å². The third-order valence-electron chi connectivity index (χ3n) is 4.68. The summed E-state index contributed by atoms with van der Waals surface area (Å²) < 4.78 is 2.48. The molecule has 2 aromatic heterocycles. The first-order chi connectivity index (χ1) is 13.7. The maximum atomic E-state index is 13.1. The van der Waals surface area contributed by atoms with E-state index in [-0.39, 0.29) is 16.9 Å². The lowest BCUT2D eigenvalue weighted by molar-refractivity contribution is 0.569. The Balaban J connectivity index is 2.05. The van der Waals surface area contributed by atoms with Crippen molar-refractivity contribution in [3.63, 3.8) is 0 Å². The number of hydrogen-bond donors (Lipinski definition) is 3. The van der Waals surface area contributed by atoms with Crippen molar-refractivity contribution in [2.75, 3.05) is 10.9 Å². The Morgan fingerprint density at radius 1 is 1.14 bits per heavy atom. The van der Waals surface area contributed by atoms with Crippen LogP contribution in [0.1, 0.15) is 32.2 Å². The maximum Gasteiger partial charge on any atom is 0.335 e. The molecule has 0 spiro atoms. The third-order valence-corrected chi connectivity index (χ3v) is 4.68. The van der Waals surface area contributed by atoms with Crippen LogP contribution < -0.4 is 22.1 Å². The minimum atomic E-state index is -0.500. The van der Waals surface area contributed by atoms with Crippen LogP contribution >= 0.6 is 0 Å². The SMILES string of the molecule is [C-]#[N+]c1c(NNc2c(C)n(C)c(=O)n(-c3ccccc3)c2=O)n[nH]c1C(C)(C)C. The standard InChI is InChI=1S/C20H23N7O2/c1-12-14(22-24-17-15(21-5)16(23-25-17)20(2,3)4)18(28)27(19(29)26(12)6)13-10-8-7-9-11-13/h7-11,22H,1-4,6H3,(H2,23,24,25). The van der Waals surface area contributed by atoms with Crippen LogP contribution in [0.25, 0.3) is 10.5 Å². The van der Waals surface area contributed by atoms with E-state index >= 15 is 0 Å². The molecule has 0 unspecified atom stereocenters. The van der Waals surface area contributed by atoms with Crippen molar-refractivity contribution in [1.82, 2.24) is 19.3 Å². The van der Waals surface area contributed by atoms with Crippen molar-refractivity contribution in [2.45, 2.75) is 33.1 Å². The van der Waals surface area contributed by atoms with Gasteiger partial charge < -0.3 is 0 Å². The molecule has 0 atom stereocenters. The number of hydrogen-bond acceptors (Lipinski definition) is 5. The fraction of sp³-hybridized carbons (Fsp3) is 0.300. The largest absolute Gasteiger partial charge is 0.335 e. The summed E-state index contributed by atoms with van der Waals surface area (Å²) in [7, 11) is 1.60. The first kappa shape index (κ1) is 19.9. The van der Waals surface area contributed by atoms with E-state index in [0.29, 0.717) is 22.8 Å². The van der Waals surface area contributed by atoms with Gasteiger partial charge in [-0.3, -0.25) is 25.3 Å². The maximum absolute atomic E-state index is 13.1. The number of nitrogens with one attached hydrogen (secondary N) is 3. The molecule has 150 valence electrons. The average Bonchev–Trinajstić information content (AvgIpc) is 3.10. The molecule has 0 aliphatic rings. The van der Waals surface area contributed by atoms with Gasteiger partial charge >= 0.3 is 5.69 Å². The number of hydrazine groups is 1. The number of benzene rings is 1. The summed E-state index contributed by atoms with van der Waals surface area (Å²) >= 11 is 0. The summed E-state index contributed by atoms with van der Waals surface area (Å²) in [5, 5.41) is 7.04. The molecule has 0 aliphatic heterocycles. The van der Waals surface area contributed by atoms with Gasteiger partial charge in [-0.2, -0.15) is 5.10 Å². The number of anilines is 2. The highest BCUT2D eigenvalue weighted by molar-refractivity contribution is 5.71. The second-order valence-electron chi connectivity index (χ2n) is 7.69. The summed E-state index contributed by atoms with van der Waals surface area (Å²) in [6.07, 6.45) is 0. The van der Waals surface area contributed by atoms with Gasteiger partial charge in [0, 0.05) is 18.4 Å². The Labute approximate surface area is 167 Å². The zero-order valence-corrected chi connectivity index (χ0v) is 17.0. The first-order valence-electron chi connectivity index (χ1n) is 9.03. The van der Waals surface area contributed by atoms with E-state index in [1.54, 1.807) is 38.2 Å². The van der Waals surface area contributed by atoms with Crippen LogP contribution in [-0.4, -0.2) is 19.3 Å². The highest BCUT2D eigenvalue weighted by Crippen LogP contribution is 2.35. The molecule has 29 heavy (non-hydrogen) atoms. The predicted molar refractivity (Wildman–Crippen MR) is 113 cm³/mol. The smallest absolute Gasteiger partial charge is 0.298 e. The molecule has 0 fully saturated rings. The second-order valence-corrected chi connectivity index (χ2v) is 7.69. The third kappa shape index (κ3) is 3.52. The van der Waals surface area contributed by atoms with Crippen LogP contribution in [0, 0.1) is 13.5 Å². The fourth-order valence-electron chi connectivity index (χ4n) is 2.94. The molecule has 0 bridgehead atoms. The van der Waals surface area contributed by atoms with Crippen LogP contribution in [0.2, 0.25) is 0 Å². The predicted octanol–water partition coefficient (Wildman–Crippen LogP) is 2.86. The summed E-state index contributed by atoms with van der Waals surface area (Å²) in [5.74, 6) is 0.281. The molecule has 3 N–H and O–H groups in total. The quantitative estimate of drug-likeness (QED) is 0.467. The van der Waals surface area contributed by atoms with Gasteiger partial charge in [0.2, 0.25) is 0 Å². The van der Waals surface area contributed by atoms with Crippen LogP contribution in [0.5, 0.6) is 0 Å². The highest BCUT2D eigenvalue weighted by atomic mass is 16.2. The van der Waals surface area contributed by atoms with Crippen molar-refractivity contribution >= 4 is 17.2 Å². The Morgan fingerprint density at radius 2 is 1.79 bits per heavy atom. The summed E-state index contributed by atoms with van der Waals surface area (Å²) in [5.41, 5.74) is 6.60. The van der Waals surface area contributed by atoms with Gasteiger partial charge in [-0.15, -0.1) is 0 Å². The Hall–Kier alpha value is -3.80. The van der Waals surface area contributed by atoms with Crippen molar-refractivity contribution in [2.24, 2.45) is 7.05 Å². The number of nitrogens with zero attached hydrogens (tertiary/aromatic N) is 4. The van der Waals surface area contributed by atoms with E-state index in [1.165, 1.54) is 4.57 Å². The lowest BCUT2D eigenvalue weighted by Crippen LogP contribution is -2.41. The minimum absolute atomic E-state index is 0.187. The van der Waals surface area contributed by atoms with Crippen LogP contribution in [0.3, 0.4) is 0 Å². The molecule has 0 amide bonds. The van der Waals surface area contributed by atoms with E-state index in [0.717, 1.165) is 4.57 Å². The van der Waals surface area contributed by atoms with Gasteiger partial charge in [0.25, 0.3) is 11.2 Å². The van der Waals surface area contributed by atoms with Gasteiger partial charge in [-0.1, -0.05) is 39.0 Å². The summed E-state index contributed by atoms with van der Waals surface area (Å²) in [6, 6.07) is 8.70. The van der Waals surface area contributed by atoms with Crippen LogP contribution in [0.15, 0.2) is 39.9 Å². The average molecular weight is 393 g/mol. The monoisotopic (exact) mass is 393 g/mol. The molecule has 1 aromatic carbocycles. The molecule has 9 heteroatoms. The molecule has 0 aliphatic carbocycles. The van der Waals surface area contributed by atoms with Crippen molar-refractivity contribution in [3.05, 3.63) is 74.0 Å². The molecular formula is C20H23N7O2. The fourth-order valence-corrected chi connectivity index (χ4v) is 2.94. The lowest BCUT2D eigenvalue weighted by atomic mass is 9.91. The number of para-hydroxylation sites is 1. The molecule has 9 nitrogen and oxygen atoms in total. The molecular weight excluding hydrogens is 370 g/mol. The van der Waals surface area contributed by atoms with Crippen molar-refractivity contribution in [1.29, 1.82) is 0 Å². The van der Waals surface area contributed by atoms with E-state index in [9.17, 15) is 9.59 Å². The molecule has 3 aromatic rings. The van der Waals surface area contributed by atoms with Gasteiger partial charge in [-0.25, -0.2) is 14.2 Å². The molecule has 2 heterocycles. The van der Waals surface area contributed by atoms with Gasteiger partial charge in [0.05, 0.1) is 12.3 Å². The summed E-state index contributed by atoms with van der Waals surface area (Å²) in [6.45, 7) is 15.1. The first-order valence-corrected chi connectivity index (χ1v) is 9.03. The lowest BCUT2D eigenvalue weighted by Gasteiger charge is -2.17.